The van der Waals surface area contributed by atoms with Crippen molar-refractivity contribution < 1.29 is 4.42 Å². The maximum absolute atomic E-state index is 5.76. The summed E-state index contributed by atoms with van der Waals surface area (Å²) in [7, 11) is 0. The van der Waals surface area contributed by atoms with Crippen molar-refractivity contribution in [2.45, 2.75) is 13.5 Å². The van der Waals surface area contributed by atoms with Crippen molar-refractivity contribution in [3.63, 3.8) is 0 Å². The van der Waals surface area contributed by atoms with Gasteiger partial charge < -0.3 is 9.73 Å². The molecule has 16 heavy (non-hydrogen) atoms. The van der Waals surface area contributed by atoms with Gasteiger partial charge in [-0.1, -0.05) is 11.6 Å². The molecule has 0 atom stereocenters. The Hall–Kier alpha value is -1.19. The van der Waals surface area contributed by atoms with Gasteiger partial charge in [0, 0.05) is 0 Å². The molecule has 2 aromatic heterocycles. The van der Waals surface area contributed by atoms with Crippen molar-refractivity contribution in [3.8, 4) is 0 Å². The van der Waals surface area contributed by atoms with Crippen LogP contribution in [0.15, 0.2) is 28.8 Å². The van der Waals surface area contributed by atoms with E-state index in [2.05, 4.69) is 10.3 Å². The molecule has 84 valence electrons. The summed E-state index contributed by atoms with van der Waals surface area (Å²) in [6.07, 6.45) is 1.70. The monoisotopic (exact) mass is 256 g/mol. The number of hydrogen-bond acceptors (Lipinski definition) is 3. The van der Waals surface area contributed by atoms with Crippen LogP contribution in [0.4, 0.5) is 5.69 Å². The maximum Gasteiger partial charge on any atom is 0.193 e. The molecule has 0 bridgehead atoms. The number of pyridine rings is 1. The van der Waals surface area contributed by atoms with Crippen molar-refractivity contribution in [1.82, 2.24) is 4.98 Å². The van der Waals surface area contributed by atoms with Crippen LogP contribution in [0.3, 0.4) is 0 Å². The topological polar surface area (TPSA) is 38.1 Å². The fraction of sp³-hybridized carbons (Fsp3) is 0.182. The van der Waals surface area contributed by atoms with Gasteiger partial charge in [0.05, 0.1) is 18.4 Å². The molecule has 0 unspecified atom stereocenters. The number of aryl methyl sites for hydroxylation is 1. The highest BCUT2D eigenvalue weighted by molar-refractivity contribution is 6.29. The predicted molar refractivity (Wildman–Crippen MR) is 65.0 cm³/mol. The highest BCUT2D eigenvalue weighted by Crippen LogP contribution is 2.19. The molecule has 0 amide bonds. The lowest BCUT2D eigenvalue weighted by atomic mass is 10.2. The number of rotatable bonds is 3. The van der Waals surface area contributed by atoms with E-state index in [9.17, 15) is 0 Å². The van der Waals surface area contributed by atoms with E-state index in [0.717, 1.165) is 17.0 Å². The first-order chi connectivity index (χ1) is 7.65. The van der Waals surface area contributed by atoms with Crippen LogP contribution in [-0.2, 0) is 6.54 Å². The third kappa shape index (κ3) is 2.68. The van der Waals surface area contributed by atoms with Gasteiger partial charge in [-0.15, -0.1) is 0 Å². The maximum atomic E-state index is 5.76. The number of nitrogens with one attached hydrogen (secondary N) is 1. The number of furan rings is 1. The molecule has 3 nitrogen and oxygen atoms in total. The van der Waals surface area contributed by atoms with Crippen molar-refractivity contribution >= 4 is 28.9 Å². The zero-order chi connectivity index (χ0) is 11.5. The molecule has 0 spiro atoms. The van der Waals surface area contributed by atoms with E-state index in [1.807, 2.05) is 13.0 Å². The minimum absolute atomic E-state index is 0.391. The fourth-order valence-corrected chi connectivity index (χ4v) is 1.71. The Bertz CT molecular complexity index is 496. The van der Waals surface area contributed by atoms with E-state index in [4.69, 9.17) is 27.6 Å². The Kier molecular flexibility index (Phi) is 3.36. The predicted octanol–water partition coefficient (Wildman–Crippen LogP) is 3.90. The third-order valence-electron chi connectivity index (χ3n) is 2.16. The summed E-state index contributed by atoms with van der Waals surface area (Å²) < 4.78 is 5.23. The summed E-state index contributed by atoms with van der Waals surface area (Å²) in [5.74, 6) is 0.777. The van der Waals surface area contributed by atoms with Gasteiger partial charge in [0.25, 0.3) is 0 Å². The minimum atomic E-state index is 0.391. The van der Waals surface area contributed by atoms with Gasteiger partial charge in [-0.2, -0.15) is 0 Å². The number of anilines is 1. The zero-order valence-corrected chi connectivity index (χ0v) is 10.1. The lowest BCUT2D eigenvalue weighted by Gasteiger charge is -2.07. The number of halogens is 2. The molecule has 1 N–H and O–H groups in total. The first kappa shape index (κ1) is 11.3. The Morgan fingerprint density at radius 1 is 1.38 bits per heavy atom. The van der Waals surface area contributed by atoms with Crippen molar-refractivity contribution in [2.75, 3.05) is 5.32 Å². The number of hydrogen-bond donors (Lipinski definition) is 1. The van der Waals surface area contributed by atoms with E-state index in [1.165, 1.54) is 0 Å². The first-order valence-corrected chi connectivity index (χ1v) is 5.51. The molecule has 2 aromatic rings. The van der Waals surface area contributed by atoms with Crippen molar-refractivity contribution in [1.29, 1.82) is 0 Å². The minimum Gasteiger partial charge on any atom is -0.448 e. The second-order valence-corrected chi connectivity index (χ2v) is 4.14. The Balaban J connectivity index is 2.04. The van der Waals surface area contributed by atoms with Crippen LogP contribution in [0.5, 0.6) is 0 Å². The SMILES string of the molecule is Cc1cc(Cl)ncc1NCc1ccc(Cl)o1. The van der Waals surface area contributed by atoms with Gasteiger partial charge in [0.1, 0.15) is 10.9 Å². The molecule has 0 aliphatic heterocycles. The Labute approximate surface area is 103 Å². The molecule has 2 heterocycles. The van der Waals surface area contributed by atoms with E-state index in [-0.39, 0.29) is 0 Å². The highest BCUT2D eigenvalue weighted by atomic mass is 35.5. The normalized spacial score (nSPS) is 10.4. The lowest BCUT2D eigenvalue weighted by molar-refractivity contribution is 0.520. The first-order valence-electron chi connectivity index (χ1n) is 4.75. The van der Waals surface area contributed by atoms with Crippen LogP contribution in [0.25, 0.3) is 0 Å². The molecular formula is C11H10Cl2N2O. The number of aromatic nitrogens is 1. The van der Waals surface area contributed by atoms with Crippen LogP contribution in [0.1, 0.15) is 11.3 Å². The van der Waals surface area contributed by atoms with E-state index in [1.54, 1.807) is 18.3 Å². The lowest BCUT2D eigenvalue weighted by Crippen LogP contribution is -2.00. The molecule has 0 aliphatic rings. The smallest absolute Gasteiger partial charge is 0.193 e. The van der Waals surface area contributed by atoms with Crippen molar-refractivity contribution in [2.24, 2.45) is 0 Å². The second kappa shape index (κ2) is 4.76. The summed E-state index contributed by atoms with van der Waals surface area (Å²) in [5, 5.41) is 4.08. The van der Waals surface area contributed by atoms with Gasteiger partial charge in [0.15, 0.2) is 5.22 Å². The third-order valence-corrected chi connectivity index (χ3v) is 2.57. The molecule has 0 aliphatic carbocycles. The fourth-order valence-electron chi connectivity index (χ4n) is 1.34. The van der Waals surface area contributed by atoms with Crippen LogP contribution in [0.2, 0.25) is 10.4 Å². The van der Waals surface area contributed by atoms with E-state index < -0.39 is 0 Å². The van der Waals surface area contributed by atoms with Crippen LogP contribution in [-0.4, -0.2) is 4.98 Å². The van der Waals surface area contributed by atoms with Crippen molar-refractivity contribution in [3.05, 3.63) is 46.1 Å². The molecular weight excluding hydrogens is 247 g/mol. The zero-order valence-electron chi connectivity index (χ0n) is 8.63. The van der Waals surface area contributed by atoms with Gasteiger partial charge in [0.2, 0.25) is 0 Å². The quantitative estimate of drug-likeness (QED) is 0.847. The average molecular weight is 257 g/mol. The number of nitrogens with zero attached hydrogens (tertiary/aromatic N) is 1. The molecule has 0 saturated carbocycles. The van der Waals surface area contributed by atoms with E-state index >= 15 is 0 Å². The molecule has 5 heteroatoms. The van der Waals surface area contributed by atoms with Gasteiger partial charge in [-0.3, -0.25) is 0 Å². The van der Waals surface area contributed by atoms with Crippen LogP contribution < -0.4 is 5.32 Å². The highest BCUT2D eigenvalue weighted by Gasteiger charge is 2.02. The second-order valence-electron chi connectivity index (χ2n) is 3.38. The summed E-state index contributed by atoms with van der Waals surface area (Å²) in [6, 6.07) is 5.35. The van der Waals surface area contributed by atoms with Gasteiger partial charge in [-0.05, 0) is 42.3 Å². The molecule has 2 rings (SSSR count). The average Bonchev–Trinajstić information content (AvgIpc) is 2.63. The Morgan fingerprint density at radius 3 is 2.81 bits per heavy atom. The van der Waals surface area contributed by atoms with Crippen LogP contribution in [0, 0.1) is 6.92 Å². The largest absolute Gasteiger partial charge is 0.448 e. The molecule has 0 aromatic carbocycles. The molecule has 0 radical (unpaired) electrons. The standard InChI is InChI=1S/C11H10Cl2N2O/c1-7-4-10(12)15-6-9(7)14-5-8-2-3-11(13)16-8/h2-4,6,14H,5H2,1H3. The summed E-state index contributed by atoms with van der Waals surface area (Å²) >= 11 is 11.4. The molecule has 0 fully saturated rings. The van der Waals surface area contributed by atoms with Gasteiger partial charge in [-0.25, -0.2) is 4.98 Å². The molecule has 0 saturated heterocycles. The van der Waals surface area contributed by atoms with Gasteiger partial charge >= 0.3 is 0 Å². The summed E-state index contributed by atoms with van der Waals surface area (Å²) in [5.41, 5.74) is 1.97. The summed E-state index contributed by atoms with van der Waals surface area (Å²) in [6.45, 7) is 2.53. The van der Waals surface area contributed by atoms with Crippen LogP contribution >= 0.6 is 23.2 Å². The van der Waals surface area contributed by atoms with E-state index in [0.29, 0.717) is 16.9 Å². The Morgan fingerprint density at radius 2 is 2.19 bits per heavy atom. The summed E-state index contributed by atoms with van der Waals surface area (Å²) in [4.78, 5) is 4.00.